The average molecular weight is 355 g/mol. The fraction of sp³-hybridized carbons (Fsp3) is 0.286. The summed E-state index contributed by atoms with van der Waals surface area (Å²) in [6, 6.07) is 13.3. The number of benzene rings is 2. The van der Waals surface area contributed by atoms with Crippen molar-refractivity contribution in [2.24, 2.45) is 0 Å². The third-order valence-electron chi connectivity index (χ3n) is 3.62. The SMILES string of the molecule is C/C=C/c1ccc(OCC(=O)NCCOc2ccc(C)cc2)c(OC)c1. The Hall–Kier alpha value is -2.95. The number of methoxy groups -OCH3 is 1. The highest BCUT2D eigenvalue weighted by molar-refractivity contribution is 5.77. The zero-order valence-corrected chi connectivity index (χ0v) is 15.5. The topological polar surface area (TPSA) is 56.8 Å². The summed E-state index contributed by atoms with van der Waals surface area (Å²) in [6.07, 6.45) is 3.91. The van der Waals surface area contributed by atoms with Gasteiger partial charge in [-0.15, -0.1) is 0 Å². The van der Waals surface area contributed by atoms with Crippen LogP contribution in [-0.4, -0.2) is 32.8 Å². The maximum Gasteiger partial charge on any atom is 0.258 e. The molecule has 0 aliphatic heterocycles. The molecule has 0 atom stereocenters. The van der Waals surface area contributed by atoms with Crippen molar-refractivity contribution in [2.45, 2.75) is 13.8 Å². The first-order chi connectivity index (χ1) is 12.6. The standard InChI is InChI=1S/C21H25NO4/c1-4-5-17-8-11-19(20(14-17)24-3)26-15-21(23)22-12-13-25-18-9-6-16(2)7-10-18/h4-11,14H,12-13,15H2,1-3H3,(H,22,23)/b5-4+. The molecule has 0 saturated heterocycles. The number of rotatable bonds is 9. The molecule has 0 aliphatic rings. The first-order valence-electron chi connectivity index (χ1n) is 8.52. The summed E-state index contributed by atoms with van der Waals surface area (Å²) in [5.41, 5.74) is 2.19. The van der Waals surface area contributed by atoms with Crippen molar-refractivity contribution in [2.75, 3.05) is 26.9 Å². The van der Waals surface area contributed by atoms with E-state index >= 15 is 0 Å². The number of allylic oxidation sites excluding steroid dienone is 1. The Morgan fingerprint density at radius 1 is 1.08 bits per heavy atom. The summed E-state index contributed by atoms with van der Waals surface area (Å²) in [4.78, 5) is 11.9. The zero-order chi connectivity index (χ0) is 18.8. The van der Waals surface area contributed by atoms with E-state index in [4.69, 9.17) is 14.2 Å². The maximum absolute atomic E-state index is 11.9. The van der Waals surface area contributed by atoms with Crippen molar-refractivity contribution in [3.63, 3.8) is 0 Å². The lowest BCUT2D eigenvalue weighted by molar-refractivity contribution is -0.123. The third-order valence-corrected chi connectivity index (χ3v) is 3.62. The van der Waals surface area contributed by atoms with Crippen LogP contribution in [0, 0.1) is 6.92 Å². The van der Waals surface area contributed by atoms with Gasteiger partial charge in [-0.25, -0.2) is 0 Å². The van der Waals surface area contributed by atoms with Crippen molar-refractivity contribution in [1.82, 2.24) is 5.32 Å². The highest BCUT2D eigenvalue weighted by atomic mass is 16.5. The van der Waals surface area contributed by atoms with Crippen LogP contribution in [0.3, 0.4) is 0 Å². The highest BCUT2D eigenvalue weighted by Crippen LogP contribution is 2.28. The number of hydrogen-bond donors (Lipinski definition) is 1. The monoisotopic (exact) mass is 355 g/mol. The molecular formula is C21H25NO4. The fourth-order valence-electron chi connectivity index (χ4n) is 2.29. The third kappa shape index (κ3) is 6.16. The first-order valence-corrected chi connectivity index (χ1v) is 8.52. The van der Waals surface area contributed by atoms with Crippen molar-refractivity contribution in [1.29, 1.82) is 0 Å². The Balaban J connectivity index is 1.73. The van der Waals surface area contributed by atoms with Gasteiger partial charge in [-0.1, -0.05) is 35.9 Å². The normalized spacial score (nSPS) is 10.6. The smallest absolute Gasteiger partial charge is 0.258 e. The number of carbonyl (C=O) groups is 1. The molecule has 2 aromatic carbocycles. The van der Waals surface area contributed by atoms with Gasteiger partial charge in [0, 0.05) is 0 Å². The second-order valence-corrected chi connectivity index (χ2v) is 5.71. The number of amides is 1. The van der Waals surface area contributed by atoms with Gasteiger partial charge < -0.3 is 19.5 Å². The van der Waals surface area contributed by atoms with E-state index in [1.807, 2.05) is 62.4 Å². The first kappa shape index (κ1) is 19.4. The van der Waals surface area contributed by atoms with Crippen LogP contribution in [0.2, 0.25) is 0 Å². The van der Waals surface area contributed by atoms with E-state index in [0.717, 1.165) is 11.3 Å². The molecule has 2 rings (SSSR count). The molecule has 0 spiro atoms. The molecule has 0 bridgehead atoms. The quantitative estimate of drug-likeness (QED) is 0.698. The molecule has 1 N–H and O–H groups in total. The minimum absolute atomic E-state index is 0.0795. The number of nitrogens with one attached hydrogen (secondary N) is 1. The van der Waals surface area contributed by atoms with E-state index in [9.17, 15) is 4.79 Å². The van der Waals surface area contributed by atoms with Crippen molar-refractivity contribution in [3.8, 4) is 17.2 Å². The van der Waals surface area contributed by atoms with Crippen LogP contribution in [0.4, 0.5) is 0 Å². The zero-order valence-electron chi connectivity index (χ0n) is 15.5. The second-order valence-electron chi connectivity index (χ2n) is 5.71. The van der Waals surface area contributed by atoms with Gasteiger partial charge in [0.15, 0.2) is 18.1 Å². The van der Waals surface area contributed by atoms with Crippen LogP contribution in [0.25, 0.3) is 6.08 Å². The van der Waals surface area contributed by atoms with Gasteiger partial charge in [0.1, 0.15) is 12.4 Å². The molecule has 138 valence electrons. The van der Waals surface area contributed by atoms with E-state index in [2.05, 4.69) is 5.32 Å². The lowest BCUT2D eigenvalue weighted by Crippen LogP contribution is -2.32. The molecule has 0 aliphatic carbocycles. The van der Waals surface area contributed by atoms with E-state index in [-0.39, 0.29) is 12.5 Å². The average Bonchev–Trinajstić information content (AvgIpc) is 2.65. The molecule has 0 radical (unpaired) electrons. The molecule has 0 fully saturated rings. The second kappa shape index (κ2) is 10.1. The molecule has 0 aromatic heterocycles. The Kier molecular flexibility index (Phi) is 7.55. The van der Waals surface area contributed by atoms with Crippen LogP contribution in [0.1, 0.15) is 18.1 Å². The Morgan fingerprint density at radius 3 is 2.54 bits per heavy atom. The predicted molar refractivity (Wildman–Crippen MR) is 103 cm³/mol. The Morgan fingerprint density at radius 2 is 1.85 bits per heavy atom. The van der Waals surface area contributed by atoms with Gasteiger partial charge >= 0.3 is 0 Å². The largest absolute Gasteiger partial charge is 0.493 e. The van der Waals surface area contributed by atoms with Crippen LogP contribution in [-0.2, 0) is 4.79 Å². The maximum atomic E-state index is 11.9. The van der Waals surface area contributed by atoms with Crippen LogP contribution in [0.15, 0.2) is 48.5 Å². The van der Waals surface area contributed by atoms with E-state index in [0.29, 0.717) is 24.7 Å². The van der Waals surface area contributed by atoms with E-state index in [1.165, 1.54) is 5.56 Å². The summed E-state index contributed by atoms with van der Waals surface area (Å²) in [5.74, 6) is 1.70. The predicted octanol–water partition coefficient (Wildman–Crippen LogP) is 3.61. The molecular weight excluding hydrogens is 330 g/mol. The number of ether oxygens (including phenoxy) is 3. The molecule has 26 heavy (non-hydrogen) atoms. The highest BCUT2D eigenvalue weighted by Gasteiger charge is 2.08. The van der Waals surface area contributed by atoms with Gasteiger partial charge in [0.2, 0.25) is 0 Å². The van der Waals surface area contributed by atoms with E-state index < -0.39 is 0 Å². The molecule has 5 heteroatoms. The molecule has 2 aromatic rings. The van der Waals surface area contributed by atoms with Gasteiger partial charge in [-0.3, -0.25) is 4.79 Å². The van der Waals surface area contributed by atoms with Crippen LogP contribution in [0.5, 0.6) is 17.2 Å². The van der Waals surface area contributed by atoms with Crippen LogP contribution >= 0.6 is 0 Å². The number of carbonyl (C=O) groups excluding carboxylic acids is 1. The summed E-state index contributed by atoms with van der Waals surface area (Å²) in [7, 11) is 1.57. The van der Waals surface area contributed by atoms with Crippen molar-refractivity contribution < 1.29 is 19.0 Å². The van der Waals surface area contributed by atoms with Gasteiger partial charge in [0.05, 0.1) is 13.7 Å². The summed E-state index contributed by atoms with van der Waals surface area (Å²) >= 11 is 0. The Labute approximate surface area is 154 Å². The molecule has 0 unspecified atom stereocenters. The summed E-state index contributed by atoms with van der Waals surface area (Å²) in [6.45, 7) is 4.70. The fourth-order valence-corrected chi connectivity index (χ4v) is 2.29. The lowest BCUT2D eigenvalue weighted by atomic mass is 10.2. The molecule has 5 nitrogen and oxygen atoms in total. The van der Waals surface area contributed by atoms with Gasteiger partial charge in [-0.05, 0) is 43.7 Å². The number of aryl methyl sites for hydroxylation is 1. The van der Waals surface area contributed by atoms with E-state index in [1.54, 1.807) is 13.2 Å². The molecule has 1 amide bonds. The minimum atomic E-state index is -0.211. The van der Waals surface area contributed by atoms with Gasteiger partial charge in [0.25, 0.3) is 5.91 Å². The minimum Gasteiger partial charge on any atom is -0.493 e. The Bertz CT molecular complexity index is 738. The summed E-state index contributed by atoms with van der Waals surface area (Å²) < 4.78 is 16.4. The number of hydrogen-bond acceptors (Lipinski definition) is 4. The molecule has 0 saturated carbocycles. The molecule has 0 heterocycles. The van der Waals surface area contributed by atoms with Crippen molar-refractivity contribution in [3.05, 3.63) is 59.7 Å². The van der Waals surface area contributed by atoms with Crippen molar-refractivity contribution >= 4 is 12.0 Å². The summed E-state index contributed by atoms with van der Waals surface area (Å²) in [5, 5.41) is 2.76. The van der Waals surface area contributed by atoms with Gasteiger partial charge in [-0.2, -0.15) is 0 Å². The lowest BCUT2D eigenvalue weighted by Gasteiger charge is -2.12. The van der Waals surface area contributed by atoms with Crippen LogP contribution < -0.4 is 19.5 Å².